The number of aromatic nitrogens is 1. The molecule has 4 aromatic carbocycles. The third-order valence-electron chi connectivity index (χ3n) is 5.83. The molecule has 4 heteroatoms. The van der Waals surface area contributed by atoms with Crippen molar-refractivity contribution in [1.82, 2.24) is 9.88 Å². The number of fused-ring (bicyclic) bond motifs is 3. The fraction of sp³-hybridized carbons (Fsp3) is 0.111. The number of carbonyl (C=O) groups is 1. The Labute approximate surface area is 179 Å². The summed E-state index contributed by atoms with van der Waals surface area (Å²) in [4.78, 5) is 25.9. The number of amides is 1. The molecule has 1 N–H and O–H groups in total. The van der Waals surface area contributed by atoms with E-state index in [0.29, 0.717) is 10.8 Å². The van der Waals surface area contributed by atoms with Gasteiger partial charge in [-0.05, 0) is 53.6 Å². The van der Waals surface area contributed by atoms with Gasteiger partial charge in [-0.1, -0.05) is 60.7 Å². The zero-order valence-electron chi connectivity index (χ0n) is 17.2. The van der Waals surface area contributed by atoms with Crippen molar-refractivity contribution < 1.29 is 4.79 Å². The number of hydrogen-bond donors (Lipinski definition) is 1. The average molecular weight is 406 g/mol. The van der Waals surface area contributed by atoms with Crippen molar-refractivity contribution in [1.29, 1.82) is 0 Å². The van der Waals surface area contributed by atoms with Gasteiger partial charge in [0.1, 0.15) is 6.54 Å². The number of nitrogens with zero attached hydrogens (tertiary/aromatic N) is 1. The van der Waals surface area contributed by atoms with Crippen molar-refractivity contribution in [2.45, 2.75) is 19.5 Å². The molecule has 152 valence electrons. The van der Waals surface area contributed by atoms with Gasteiger partial charge in [-0.2, -0.15) is 0 Å². The van der Waals surface area contributed by atoms with Crippen LogP contribution in [-0.2, 0) is 11.3 Å². The van der Waals surface area contributed by atoms with Crippen molar-refractivity contribution in [3.05, 3.63) is 107 Å². The Morgan fingerprint density at radius 2 is 1.39 bits per heavy atom. The average Bonchev–Trinajstić information content (AvgIpc) is 2.81. The molecular formula is C27H22N2O2. The second kappa shape index (κ2) is 7.73. The van der Waals surface area contributed by atoms with E-state index in [4.69, 9.17) is 0 Å². The molecule has 4 nitrogen and oxygen atoms in total. The standard InChI is InChI=1S/C27H22N2O2/c1-18(20-15-14-19-8-2-3-9-21(19)16-20)28-26(30)17-29-24-12-6-4-10-22(24)27(31)23-11-5-7-13-25(23)29/h2-16,18H,17H2,1H3,(H,28,30). The molecule has 0 radical (unpaired) electrons. The monoisotopic (exact) mass is 406 g/mol. The van der Waals surface area contributed by atoms with Crippen molar-refractivity contribution in [2.24, 2.45) is 0 Å². The summed E-state index contributed by atoms with van der Waals surface area (Å²) in [6.07, 6.45) is 0. The minimum absolute atomic E-state index is 0.00705. The van der Waals surface area contributed by atoms with Crippen LogP contribution in [0.5, 0.6) is 0 Å². The summed E-state index contributed by atoms with van der Waals surface area (Å²) in [7, 11) is 0. The summed E-state index contributed by atoms with van der Waals surface area (Å²) in [5.74, 6) is -0.0976. The highest BCUT2D eigenvalue weighted by Gasteiger charge is 2.15. The maximum atomic E-state index is 13.0. The molecule has 1 atom stereocenters. The number of pyridine rings is 1. The lowest BCUT2D eigenvalue weighted by Gasteiger charge is -2.18. The Morgan fingerprint density at radius 1 is 0.806 bits per heavy atom. The Hall–Kier alpha value is -3.92. The smallest absolute Gasteiger partial charge is 0.240 e. The first kappa shape index (κ1) is 19.1. The summed E-state index contributed by atoms with van der Waals surface area (Å²) in [5.41, 5.74) is 2.58. The molecule has 31 heavy (non-hydrogen) atoms. The molecule has 0 spiro atoms. The predicted octanol–water partition coefficient (Wildman–Crippen LogP) is 5.19. The van der Waals surface area contributed by atoms with Crippen LogP contribution in [0.3, 0.4) is 0 Å². The van der Waals surface area contributed by atoms with Gasteiger partial charge >= 0.3 is 0 Å². The van der Waals surface area contributed by atoms with Crippen LogP contribution < -0.4 is 10.7 Å². The third-order valence-corrected chi connectivity index (χ3v) is 5.83. The van der Waals surface area contributed by atoms with E-state index in [1.807, 2.05) is 72.2 Å². The van der Waals surface area contributed by atoms with Gasteiger partial charge in [-0.15, -0.1) is 0 Å². The second-order valence-electron chi connectivity index (χ2n) is 7.85. The van der Waals surface area contributed by atoms with Gasteiger partial charge in [-0.25, -0.2) is 0 Å². The molecule has 0 fully saturated rings. The molecule has 1 aromatic heterocycles. The van der Waals surface area contributed by atoms with E-state index in [1.54, 1.807) is 0 Å². The number of benzene rings is 4. The van der Waals surface area contributed by atoms with E-state index >= 15 is 0 Å². The van der Waals surface area contributed by atoms with Crippen LogP contribution in [0, 0.1) is 0 Å². The quantitative estimate of drug-likeness (QED) is 0.418. The maximum Gasteiger partial charge on any atom is 0.240 e. The lowest BCUT2D eigenvalue weighted by molar-refractivity contribution is -0.122. The number of nitrogens with one attached hydrogen (secondary N) is 1. The minimum atomic E-state index is -0.131. The van der Waals surface area contributed by atoms with E-state index in [9.17, 15) is 9.59 Å². The first-order chi connectivity index (χ1) is 15.1. The zero-order valence-corrected chi connectivity index (χ0v) is 17.2. The topological polar surface area (TPSA) is 51.1 Å². The van der Waals surface area contributed by atoms with E-state index in [0.717, 1.165) is 22.0 Å². The normalized spacial score (nSPS) is 12.3. The Morgan fingerprint density at radius 3 is 2.06 bits per heavy atom. The molecule has 0 saturated carbocycles. The first-order valence-electron chi connectivity index (χ1n) is 10.4. The fourth-order valence-corrected chi connectivity index (χ4v) is 4.24. The lowest BCUT2D eigenvalue weighted by atomic mass is 10.0. The zero-order chi connectivity index (χ0) is 21.4. The summed E-state index contributed by atoms with van der Waals surface area (Å²) in [5, 5.41) is 6.69. The second-order valence-corrected chi connectivity index (χ2v) is 7.85. The van der Waals surface area contributed by atoms with Crippen LogP contribution in [0.2, 0.25) is 0 Å². The highest BCUT2D eigenvalue weighted by Crippen LogP contribution is 2.21. The van der Waals surface area contributed by atoms with Crippen LogP contribution >= 0.6 is 0 Å². The van der Waals surface area contributed by atoms with Crippen LogP contribution in [0.15, 0.2) is 95.8 Å². The molecule has 0 bridgehead atoms. The number of hydrogen-bond acceptors (Lipinski definition) is 2. The van der Waals surface area contributed by atoms with Gasteiger partial charge in [0.2, 0.25) is 5.91 Å². The Kier molecular flexibility index (Phi) is 4.75. The van der Waals surface area contributed by atoms with Gasteiger partial charge < -0.3 is 9.88 Å². The van der Waals surface area contributed by atoms with Crippen LogP contribution in [0.4, 0.5) is 0 Å². The van der Waals surface area contributed by atoms with Crippen LogP contribution in [0.25, 0.3) is 32.6 Å². The van der Waals surface area contributed by atoms with E-state index < -0.39 is 0 Å². The van der Waals surface area contributed by atoms with Gasteiger partial charge in [0, 0.05) is 10.8 Å². The highest BCUT2D eigenvalue weighted by molar-refractivity contribution is 5.95. The van der Waals surface area contributed by atoms with E-state index in [1.165, 1.54) is 5.39 Å². The van der Waals surface area contributed by atoms with Crippen molar-refractivity contribution >= 4 is 38.5 Å². The van der Waals surface area contributed by atoms with Crippen molar-refractivity contribution in [3.8, 4) is 0 Å². The van der Waals surface area contributed by atoms with Crippen LogP contribution in [-0.4, -0.2) is 10.5 Å². The molecule has 0 saturated heterocycles. The van der Waals surface area contributed by atoms with Crippen molar-refractivity contribution in [2.75, 3.05) is 0 Å². The summed E-state index contributed by atoms with van der Waals surface area (Å²) >= 11 is 0. The highest BCUT2D eigenvalue weighted by atomic mass is 16.2. The predicted molar refractivity (Wildman–Crippen MR) is 126 cm³/mol. The van der Waals surface area contributed by atoms with Gasteiger partial charge in [-0.3, -0.25) is 9.59 Å². The first-order valence-corrected chi connectivity index (χ1v) is 10.4. The molecule has 5 rings (SSSR count). The third kappa shape index (κ3) is 3.46. The van der Waals surface area contributed by atoms with Crippen LogP contribution in [0.1, 0.15) is 18.5 Å². The summed E-state index contributed by atoms with van der Waals surface area (Å²) < 4.78 is 1.93. The molecular weight excluding hydrogens is 384 g/mol. The molecule has 1 heterocycles. The number of carbonyl (C=O) groups excluding carboxylic acids is 1. The van der Waals surface area contributed by atoms with Gasteiger partial charge in [0.15, 0.2) is 5.43 Å². The summed E-state index contributed by atoms with van der Waals surface area (Å²) in [6, 6.07) is 29.2. The molecule has 0 aliphatic carbocycles. The SMILES string of the molecule is CC(NC(=O)Cn1c2ccccc2c(=O)c2ccccc21)c1ccc2ccccc2c1. The van der Waals surface area contributed by atoms with E-state index in [2.05, 4.69) is 35.6 Å². The molecule has 0 aliphatic heterocycles. The molecule has 5 aromatic rings. The van der Waals surface area contributed by atoms with E-state index in [-0.39, 0.29) is 23.9 Å². The van der Waals surface area contributed by atoms with Crippen molar-refractivity contribution in [3.63, 3.8) is 0 Å². The molecule has 1 unspecified atom stereocenters. The fourth-order valence-electron chi connectivity index (χ4n) is 4.24. The minimum Gasteiger partial charge on any atom is -0.348 e. The van der Waals surface area contributed by atoms with Gasteiger partial charge in [0.05, 0.1) is 17.1 Å². The Balaban J connectivity index is 1.48. The number of para-hydroxylation sites is 2. The molecule has 1 amide bonds. The molecule has 0 aliphatic rings. The maximum absolute atomic E-state index is 13.0. The summed E-state index contributed by atoms with van der Waals surface area (Å²) in [6.45, 7) is 2.13. The van der Waals surface area contributed by atoms with Gasteiger partial charge in [0.25, 0.3) is 0 Å². The Bertz CT molecular complexity index is 1440. The largest absolute Gasteiger partial charge is 0.348 e. The number of rotatable bonds is 4. The lowest BCUT2D eigenvalue weighted by Crippen LogP contribution is -2.30.